The van der Waals surface area contributed by atoms with Crippen LogP contribution < -0.4 is 5.73 Å². The Kier molecular flexibility index (Phi) is 5.31. The summed E-state index contributed by atoms with van der Waals surface area (Å²) in [5.41, 5.74) is 4.91. The van der Waals surface area contributed by atoms with Crippen molar-refractivity contribution in [3.05, 3.63) is 29.3 Å². The van der Waals surface area contributed by atoms with Crippen molar-refractivity contribution in [2.45, 2.75) is 23.8 Å². The Hall–Kier alpha value is -0.710. The van der Waals surface area contributed by atoms with Gasteiger partial charge in [0.15, 0.2) is 0 Å². The number of benzene rings is 1. The van der Waals surface area contributed by atoms with Crippen molar-refractivity contribution in [1.82, 2.24) is 0 Å². The molecule has 94 valence electrons. The quantitative estimate of drug-likeness (QED) is 0.662. The van der Waals surface area contributed by atoms with Gasteiger partial charge in [0.25, 0.3) is 0 Å². The number of carbonyl (C=O) groups is 1. The SMILES string of the molecule is COC(=O)C(C)(N)CCSc1ccccc1Cl. The van der Waals surface area contributed by atoms with Crippen LogP contribution in [0.5, 0.6) is 0 Å². The summed E-state index contributed by atoms with van der Waals surface area (Å²) in [4.78, 5) is 12.4. The molecular formula is C12H16ClNO2S. The fraction of sp³-hybridized carbons (Fsp3) is 0.417. The number of hydrogen-bond donors (Lipinski definition) is 1. The van der Waals surface area contributed by atoms with E-state index in [1.54, 1.807) is 18.7 Å². The molecule has 0 saturated heterocycles. The zero-order valence-corrected chi connectivity index (χ0v) is 11.5. The predicted octanol–water partition coefficient (Wildman–Crippen LogP) is 2.71. The molecule has 0 saturated carbocycles. The van der Waals surface area contributed by atoms with Gasteiger partial charge in [0.05, 0.1) is 12.1 Å². The van der Waals surface area contributed by atoms with Crippen LogP contribution in [0.3, 0.4) is 0 Å². The molecule has 0 spiro atoms. The Morgan fingerprint density at radius 1 is 1.53 bits per heavy atom. The molecule has 1 aromatic rings. The molecule has 1 aromatic carbocycles. The highest BCUT2D eigenvalue weighted by Gasteiger charge is 2.28. The van der Waals surface area contributed by atoms with E-state index in [1.165, 1.54) is 7.11 Å². The average molecular weight is 274 g/mol. The second-order valence-electron chi connectivity index (χ2n) is 3.94. The molecule has 0 bridgehead atoms. The Morgan fingerprint density at radius 3 is 2.76 bits per heavy atom. The molecule has 0 aliphatic rings. The Morgan fingerprint density at radius 2 is 2.18 bits per heavy atom. The van der Waals surface area contributed by atoms with Gasteiger partial charge in [-0.15, -0.1) is 11.8 Å². The van der Waals surface area contributed by atoms with Crippen LogP contribution in [0.25, 0.3) is 0 Å². The van der Waals surface area contributed by atoms with E-state index >= 15 is 0 Å². The van der Waals surface area contributed by atoms with Crippen LogP contribution in [0.4, 0.5) is 0 Å². The first-order valence-corrected chi connectivity index (χ1v) is 6.58. The van der Waals surface area contributed by atoms with Gasteiger partial charge in [0.2, 0.25) is 0 Å². The molecule has 0 radical (unpaired) electrons. The van der Waals surface area contributed by atoms with E-state index in [9.17, 15) is 4.79 Å². The molecule has 1 atom stereocenters. The summed E-state index contributed by atoms with van der Waals surface area (Å²) in [5, 5.41) is 0.717. The molecule has 5 heteroatoms. The molecule has 0 heterocycles. The number of hydrogen-bond acceptors (Lipinski definition) is 4. The van der Waals surface area contributed by atoms with Crippen LogP contribution in [0.1, 0.15) is 13.3 Å². The highest BCUT2D eigenvalue weighted by atomic mass is 35.5. The van der Waals surface area contributed by atoms with Gasteiger partial charge in [-0.3, -0.25) is 4.79 Å². The lowest BCUT2D eigenvalue weighted by atomic mass is 10.0. The van der Waals surface area contributed by atoms with Crippen molar-refractivity contribution in [2.24, 2.45) is 5.73 Å². The zero-order chi connectivity index (χ0) is 12.9. The molecule has 0 fully saturated rings. The van der Waals surface area contributed by atoms with Crippen molar-refractivity contribution >= 4 is 29.3 Å². The van der Waals surface area contributed by atoms with Crippen molar-refractivity contribution in [2.75, 3.05) is 12.9 Å². The summed E-state index contributed by atoms with van der Waals surface area (Å²) in [5.74, 6) is 0.323. The third-order valence-corrected chi connectivity index (χ3v) is 3.88. The third-order valence-electron chi connectivity index (χ3n) is 2.37. The van der Waals surface area contributed by atoms with Crippen molar-refractivity contribution in [3.63, 3.8) is 0 Å². The second-order valence-corrected chi connectivity index (χ2v) is 5.48. The first-order chi connectivity index (χ1) is 7.97. The average Bonchev–Trinajstić information content (AvgIpc) is 2.30. The summed E-state index contributed by atoms with van der Waals surface area (Å²) in [6.07, 6.45) is 0.537. The maximum absolute atomic E-state index is 11.4. The van der Waals surface area contributed by atoms with E-state index in [1.807, 2.05) is 24.3 Å². The van der Waals surface area contributed by atoms with Gasteiger partial charge in [-0.05, 0) is 25.5 Å². The number of thioether (sulfide) groups is 1. The van der Waals surface area contributed by atoms with Crippen LogP contribution in [0.15, 0.2) is 29.2 Å². The number of esters is 1. The number of rotatable bonds is 5. The van der Waals surface area contributed by atoms with Crippen LogP contribution in [-0.2, 0) is 9.53 Å². The molecule has 0 aromatic heterocycles. The summed E-state index contributed by atoms with van der Waals surface area (Å²) >= 11 is 7.60. The number of halogens is 1. The smallest absolute Gasteiger partial charge is 0.325 e. The Labute approximate surface area is 111 Å². The number of methoxy groups -OCH3 is 1. The van der Waals surface area contributed by atoms with Gasteiger partial charge < -0.3 is 10.5 Å². The first kappa shape index (κ1) is 14.4. The molecule has 0 aliphatic carbocycles. The molecule has 3 nitrogen and oxygen atoms in total. The van der Waals surface area contributed by atoms with E-state index in [0.717, 1.165) is 4.90 Å². The van der Waals surface area contributed by atoms with Crippen molar-refractivity contribution in [3.8, 4) is 0 Å². The molecule has 1 rings (SSSR count). The first-order valence-electron chi connectivity index (χ1n) is 5.22. The molecule has 17 heavy (non-hydrogen) atoms. The third kappa shape index (κ3) is 4.22. The van der Waals surface area contributed by atoms with E-state index < -0.39 is 11.5 Å². The fourth-order valence-corrected chi connectivity index (χ4v) is 2.70. The lowest BCUT2D eigenvalue weighted by molar-refractivity contribution is -0.146. The largest absolute Gasteiger partial charge is 0.468 e. The van der Waals surface area contributed by atoms with Crippen LogP contribution in [-0.4, -0.2) is 24.4 Å². The highest BCUT2D eigenvalue weighted by Crippen LogP contribution is 2.28. The Balaban J connectivity index is 2.48. The molecular weight excluding hydrogens is 258 g/mol. The van der Waals surface area contributed by atoms with Gasteiger partial charge >= 0.3 is 5.97 Å². The van der Waals surface area contributed by atoms with Gasteiger partial charge in [0, 0.05) is 10.6 Å². The lowest BCUT2D eigenvalue weighted by Crippen LogP contribution is -2.46. The van der Waals surface area contributed by atoms with Gasteiger partial charge in [-0.2, -0.15) is 0 Å². The molecule has 0 aliphatic heterocycles. The van der Waals surface area contributed by atoms with Crippen LogP contribution >= 0.6 is 23.4 Å². The molecule has 1 unspecified atom stereocenters. The number of carbonyl (C=O) groups excluding carboxylic acids is 1. The fourth-order valence-electron chi connectivity index (χ4n) is 1.27. The zero-order valence-electron chi connectivity index (χ0n) is 9.90. The van der Waals surface area contributed by atoms with Crippen molar-refractivity contribution in [1.29, 1.82) is 0 Å². The van der Waals surface area contributed by atoms with E-state index in [-0.39, 0.29) is 0 Å². The van der Waals surface area contributed by atoms with Gasteiger partial charge in [0.1, 0.15) is 5.54 Å². The minimum Gasteiger partial charge on any atom is -0.468 e. The number of nitrogens with two attached hydrogens (primary N) is 1. The van der Waals surface area contributed by atoms with E-state index in [2.05, 4.69) is 4.74 Å². The van der Waals surface area contributed by atoms with Gasteiger partial charge in [-0.1, -0.05) is 23.7 Å². The second kappa shape index (κ2) is 6.28. The normalized spacial score (nSPS) is 14.1. The maximum atomic E-state index is 11.4. The highest BCUT2D eigenvalue weighted by molar-refractivity contribution is 7.99. The topological polar surface area (TPSA) is 52.3 Å². The number of ether oxygens (including phenoxy) is 1. The maximum Gasteiger partial charge on any atom is 0.325 e. The van der Waals surface area contributed by atoms with E-state index in [0.29, 0.717) is 17.2 Å². The molecule has 0 amide bonds. The Bertz CT molecular complexity index is 396. The monoisotopic (exact) mass is 273 g/mol. The summed E-state index contributed by atoms with van der Waals surface area (Å²) in [6, 6.07) is 7.59. The van der Waals surface area contributed by atoms with E-state index in [4.69, 9.17) is 17.3 Å². The van der Waals surface area contributed by atoms with Crippen LogP contribution in [0.2, 0.25) is 5.02 Å². The minimum atomic E-state index is -0.941. The standard InChI is InChI=1S/C12H16ClNO2S/c1-12(14,11(15)16-2)7-8-17-10-6-4-3-5-9(10)13/h3-6H,7-8,14H2,1-2H3. The summed E-state index contributed by atoms with van der Waals surface area (Å²) < 4.78 is 4.64. The lowest BCUT2D eigenvalue weighted by Gasteiger charge is -2.20. The minimum absolute atomic E-state index is 0.391. The van der Waals surface area contributed by atoms with Crippen molar-refractivity contribution < 1.29 is 9.53 Å². The predicted molar refractivity (Wildman–Crippen MR) is 71.4 cm³/mol. The summed E-state index contributed by atoms with van der Waals surface area (Å²) in [7, 11) is 1.34. The van der Waals surface area contributed by atoms with Crippen LogP contribution in [0, 0.1) is 0 Å². The summed E-state index contributed by atoms with van der Waals surface area (Å²) in [6.45, 7) is 1.67. The van der Waals surface area contributed by atoms with Gasteiger partial charge in [-0.25, -0.2) is 0 Å². The molecule has 2 N–H and O–H groups in total.